The number of nitrogens with one attached hydrogen (secondary N) is 1. The molecular weight excluding hydrogens is 420 g/mol. The van der Waals surface area contributed by atoms with E-state index in [1.54, 1.807) is 17.4 Å². The van der Waals surface area contributed by atoms with Crippen molar-refractivity contribution in [2.45, 2.75) is 32.9 Å². The number of hydrogen-bond acceptors (Lipinski definition) is 6. The maximum absolute atomic E-state index is 11.9. The minimum atomic E-state index is -0.426. The van der Waals surface area contributed by atoms with Gasteiger partial charge in [-0.15, -0.1) is 11.3 Å². The van der Waals surface area contributed by atoms with Crippen molar-refractivity contribution in [3.63, 3.8) is 0 Å². The third-order valence-corrected chi connectivity index (χ3v) is 6.88. The summed E-state index contributed by atoms with van der Waals surface area (Å²) in [5.74, 6) is 1.07. The summed E-state index contributed by atoms with van der Waals surface area (Å²) in [6.07, 6.45) is 1.82. The fourth-order valence-corrected chi connectivity index (χ4v) is 5.35. The van der Waals surface area contributed by atoms with Gasteiger partial charge in [0.25, 0.3) is 0 Å². The molecule has 0 radical (unpaired) electrons. The molecule has 4 aromatic rings. The second-order valence-electron chi connectivity index (χ2n) is 7.90. The van der Waals surface area contributed by atoms with Gasteiger partial charge >= 0.3 is 0 Å². The van der Waals surface area contributed by atoms with Gasteiger partial charge in [0, 0.05) is 39.2 Å². The van der Waals surface area contributed by atoms with E-state index in [1.165, 1.54) is 5.56 Å². The molecule has 1 aliphatic rings. The smallest absolute Gasteiger partial charge is 0.250 e. The highest BCUT2D eigenvalue weighted by molar-refractivity contribution is 7.20. The number of fused-ring (bicyclic) bond motifs is 2. The Labute approximate surface area is 190 Å². The zero-order chi connectivity index (χ0) is 22.1. The summed E-state index contributed by atoms with van der Waals surface area (Å²) in [7, 11) is 0. The molecule has 2 aromatic heterocycles. The van der Waals surface area contributed by atoms with Crippen LogP contribution < -0.4 is 11.1 Å². The molecule has 6 nitrogen and oxygen atoms in total. The molecule has 1 amide bonds. The first-order valence-electron chi connectivity index (χ1n) is 10.7. The molecule has 32 heavy (non-hydrogen) atoms. The Morgan fingerprint density at radius 3 is 2.81 bits per heavy atom. The normalized spacial score (nSPS) is 13.5. The molecule has 0 saturated carbocycles. The van der Waals surface area contributed by atoms with Gasteiger partial charge in [-0.1, -0.05) is 42.5 Å². The number of hydrogen-bond donors (Lipinski definition) is 2. The summed E-state index contributed by atoms with van der Waals surface area (Å²) >= 11 is 1.55. The molecule has 5 rings (SSSR count). The van der Waals surface area contributed by atoms with E-state index in [0.717, 1.165) is 50.4 Å². The number of ether oxygens (including phenoxy) is 1. The standard InChI is InChI=1S/C25H24N4O2S/c1-15-21(18-9-5-10-19(23(26)30)22(18)32-15)25-28-20-14-31-12-6-11-17(20)24(29-25)27-13-16-7-3-2-4-8-16/h2-5,7-10H,6,11-14H2,1H3,(H2,26,30)(H,27,28,29). The second-order valence-corrected chi connectivity index (χ2v) is 9.12. The topological polar surface area (TPSA) is 90.1 Å². The Morgan fingerprint density at radius 1 is 1.16 bits per heavy atom. The number of aromatic nitrogens is 2. The van der Waals surface area contributed by atoms with Gasteiger partial charge in [-0.05, 0) is 31.4 Å². The monoisotopic (exact) mass is 444 g/mol. The molecule has 0 unspecified atom stereocenters. The van der Waals surface area contributed by atoms with Crippen molar-refractivity contribution in [1.82, 2.24) is 9.97 Å². The number of benzene rings is 2. The molecule has 2 aromatic carbocycles. The van der Waals surface area contributed by atoms with Crippen LogP contribution in [-0.4, -0.2) is 22.5 Å². The Kier molecular flexibility index (Phi) is 5.59. The predicted molar refractivity (Wildman–Crippen MR) is 128 cm³/mol. The summed E-state index contributed by atoms with van der Waals surface area (Å²) in [5.41, 5.74) is 10.3. The summed E-state index contributed by atoms with van der Waals surface area (Å²) < 4.78 is 6.68. The lowest BCUT2D eigenvalue weighted by atomic mass is 10.1. The quantitative estimate of drug-likeness (QED) is 0.460. The van der Waals surface area contributed by atoms with Crippen molar-refractivity contribution < 1.29 is 9.53 Å². The SMILES string of the molecule is Cc1sc2c(C(N)=O)cccc2c1-c1nc2c(c(NCc3ccccc3)n1)CCCOC2. The number of carbonyl (C=O) groups is 1. The molecule has 0 saturated heterocycles. The number of anilines is 1. The predicted octanol–water partition coefficient (Wildman–Crippen LogP) is 4.84. The second kappa shape index (κ2) is 8.68. The first kappa shape index (κ1) is 20.6. The van der Waals surface area contributed by atoms with Crippen molar-refractivity contribution >= 4 is 33.1 Å². The number of nitrogens with two attached hydrogens (primary N) is 1. The van der Waals surface area contributed by atoms with Crippen LogP contribution in [0.2, 0.25) is 0 Å². The number of rotatable bonds is 5. The molecular formula is C25H24N4O2S. The maximum atomic E-state index is 11.9. The van der Waals surface area contributed by atoms with Gasteiger partial charge in [0.05, 0.1) is 17.9 Å². The maximum Gasteiger partial charge on any atom is 0.250 e. The number of aryl methyl sites for hydroxylation is 1. The molecule has 0 spiro atoms. The highest BCUT2D eigenvalue weighted by Gasteiger charge is 2.22. The van der Waals surface area contributed by atoms with Crippen LogP contribution in [0.15, 0.2) is 48.5 Å². The Balaban J connectivity index is 1.63. The van der Waals surface area contributed by atoms with E-state index in [9.17, 15) is 4.79 Å². The number of carbonyl (C=O) groups excluding carboxylic acids is 1. The van der Waals surface area contributed by atoms with Crippen LogP contribution in [0.4, 0.5) is 5.82 Å². The van der Waals surface area contributed by atoms with Crippen LogP contribution >= 0.6 is 11.3 Å². The van der Waals surface area contributed by atoms with E-state index in [0.29, 0.717) is 31.1 Å². The van der Waals surface area contributed by atoms with Gasteiger partial charge in [-0.3, -0.25) is 4.79 Å². The lowest BCUT2D eigenvalue weighted by Crippen LogP contribution is -2.11. The molecule has 0 aliphatic carbocycles. The van der Waals surface area contributed by atoms with Crippen LogP contribution in [0.1, 0.15) is 38.5 Å². The van der Waals surface area contributed by atoms with Crippen LogP contribution in [0, 0.1) is 6.92 Å². The average molecular weight is 445 g/mol. The summed E-state index contributed by atoms with van der Waals surface area (Å²) in [4.78, 5) is 22.9. The van der Waals surface area contributed by atoms with Crippen LogP contribution in [0.25, 0.3) is 21.5 Å². The van der Waals surface area contributed by atoms with Crippen molar-refractivity contribution in [1.29, 1.82) is 0 Å². The number of thiophene rings is 1. The minimum Gasteiger partial charge on any atom is -0.375 e. The Morgan fingerprint density at radius 2 is 2.00 bits per heavy atom. The van der Waals surface area contributed by atoms with E-state index in [4.69, 9.17) is 20.4 Å². The molecule has 1 aliphatic heterocycles. The lowest BCUT2D eigenvalue weighted by Gasteiger charge is -2.15. The van der Waals surface area contributed by atoms with E-state index in [2.05, 4.69) is 17.4 Å². The zero-order valence-corrected chi connectivity index (χ0v) is 18.7. The highest BCUT2D eigenvalue weighted by Crippen LogP contribution is 2.39. The van der Waals surface area contributed by atoms with Crippen LogP contribution in [0.3, 0.4) is 0 Å². The van der Waals surface area contributed by atoms with E-state index < -0.39 is 5.91 Å². The van der Waals surface area contributed by atoms with Gasteiger partial charge in [0.2, 0.25) is 5.91 Å². The first-order valence-corrected chi connectivity index (χ1v) is 11.5. The van der Waals surface area contributed by atoms with Gasteiger partial charge in [-0.2, -0.15) is 0 Å². The van der Waals surface area contributed by atoms with Gasteiger partial charge in [-0.25, -0.2) is 9.97 Å². The van der Waals surface area contributed by atoms with Gasteiger partial charge in [0.15, 0.2) is 5.82 Å². The van der Waals surface area contributed by atoms with Gasteiger partial charge < -0.3 is 15.8 Å². The summed E-state index contributed by atoms with van der Waals surface area (Å²) in [5, 5.41) is 4.49. The fourth-order valence-electron chi connectivity index (χ4n) is 4.18. The van der Waals surface area contributed by atoms with Crippen molar-refractivity contribution in [2.24, 2.45) is 5.73 Å². The van der Waals surface area contributed by atoms with Gasteiger partial charge in [0.1, 0.15) is 5.82 Å². The van der Waals surface area contributed by atoms with Crippen LogP contribution in [-0.2, 0) is 24.3 Å². The molecule has 0 atom stereocenters. The third-order valence-electron chi connectivity index (χ3n) is 5.73. The van der Waals surface area contributed by atoms with Crippen LogP contribution in [0.5, 0.6) is 0 Å². The van der Waals surface area contributed by atoms with E-state index in [-0.39, 0.29) is 0 Å². The van der Waals surface area contributed by atoms with Crippen molar-refractivity contribution in [3.05, 3.63) is 75.8 Å². The minimum absolute atomic E-state index is 0.426. The average Bonchev–Trinajstić information content (AvgIpc) is 2.96. The van der Waals surface area contributed by atoms with Crippen molar-refractivity contribution in [2.75, 3.05) is 11.9 Å². The molecule has 7 heteroatoms. The Hall–Kier alpha value is -3.29. The summed E-state index contributed by atoms with van der Waals surface area (Å²) in [6, 6.07) is 15.9. The fraction of sp³-hybridized carbons (Fsp3) is 0.240. The van der Waals surface area contributed by atoms with E-state index in [1.807, 2.05) is 37.3 Å². The molecule has 3 heterocycles. The largest absolute Gasteiger partial charge is 0.375 e. The molecule has 0 bridgehead atoms. The van der Waals surface area contributed by atoms with E-state index >= 15 is 0 Å². The molecule has 162 valence electrons. The highest BCUT2D eigenvalue weighted by atomic mass is 32.1. The zero-order valence-electron chi connectivity index (χ0n) is 17.9. The molecule has 0 fully saturated rings. The molecule has 3 N–H and O–H groups in total. The van der Waals surface area contributed by atoms with Crippen molar-refractivity contribution in [3.8, 4) is 11.4 Å². The summed E-state index contributed by atoms with van der Waals surface area (Å²) in [6.45, 7) is 3.90. The first-order chi connectivity index (χ1) is 15.6. The lowest BCUT2D eigenvalue weighted by molar-refractivity contribution is 0.100. The number of primary amides is 1. The Bertz CT molecular complexity index is 1300. The number of amides is 1. The third kappa shape index (κ3) is 3.85. The number of nitrogens with zero attached hydrogens (tertiary/aromatic N) is 2.